The molecule has 0 fully saturated rings. The van der Waals surface area contributed by atoms with Gasteiger partial charge in [-0.15, -0.1) is 0 Å². The van der Waals surface area contributed by atoms with E-state index < -0.39 is 26.9 Å². The van der Waals surface area contributed by atoms with E-state index in [4.69, 9.17) is 11.6 Å². The quantitative estimate of drug-likeness (QED) is 0.442. The number of non-ortho nitro benzene ring substituents is 1. The average molecular weight is 454 g/mol. The lowest BCUT2D eigenvalue weighted by Gasteiger charge is -2.26. The third-order valence-corrected chi connectivity index (χ3v) is 7.35. The topological polar surface area (TPSA) is 101 Å². The van der Waals surface area contributed by atoms with Crippen molar-refractivity contribution in [1.29, 1.82) is 0 Å². The molecule has 0 spiro atoms. The van der Waals surface area contributed by atoms with Gasteiger partial charge in [0.15, 0.2) is 0 Å². The van der Waals surface area contributed by atoms with E-state index in [1.165, 1.54) is 46.6 Å². The molecule has 2 rings (SSSR count). The summed E-state index contributed by atoms with van der Waals surface area (Å²) in [6, 6.07) is 9.53. The van der Waals surface area contributed by atoms with E-state index in [-0.39, 0.29) is 21.2 Å². The van der Waals surface area contributed by atoms with E-state index in [0.29, 0.717) is 18.7 Å². The van der Waals surface area contributed by atoms with Crippen LogP contribution in [0.5, 0.6) is 0 Å². The number of halogens is 1. The molecule has 1 amide bonds. The molecule has 0 bridgehead atoms. The van der Waals surface area contributed by atoms with Gasteiger partial charge in [-0.2, -0.15) is 4.31 Å². The maximum atomic E-state index is 13.1. The van der Waals surface area contributed by atoms with Crippen LogP contribution in [0.3, 0.4) is 0 Å². The summed E-state index contributed by atoms with van der Waals surface area (Å²) in [7, 11) is -2.22. The minimum atomic E-state index is -3.76. The Morgan fingerprint density at radius 3 is 2.37 bits per heavy atom. The minimum absolute atomic E-state index is 0.0182. The van der Waals surface area contributed by atoms with Crippen LogP contribution in [-0.4, -0.2) is 48.6 Å². The number of amides is 1. The van der Waals surface area contributed by atoms with Crippen LogP contribution < -0.4 is 0 Å². The van der Waals surface area contributed by atoms with Crippen LogP contribution in [0.4, 0.5) is 5.69 Å². The number of hydrogen-bond donors (Lipinski definition) is 0. The predicted molar refractivity (Wildman–Crippen MR) is 115 cm³/mol. The van der Waals surface area contributed by atoms with Crippen molar-refractivity contribution in [2.75, 3.05) is 20.1 Å². The van der Waals surface area contributed by atoms with Crippen molar-refractivity contribution in [3.63, 3.8) is 0 Å². The monoisotopic (exact) mass is 453 g/mol. The number of carbonyl (C=O) groups excluding carboxylic acids is 1. The molecule has 2 aromatic carbocycles. The van der Waals surface area contributed by atoms with Gasteiger partial charge >= 0.3 is 0 Å². The molecule has 0 saturated heterocycles. The number of carbonyl (C=O) groups is 1. The van der Waals surface area contributed by atoms with Gasteiger partial charge in [0.25, 0.3) is 11.6 Å². The van der Waals surface area contributed by atoms with Crippen LogP contribution in [0, 0.1) is 10.1 Å². The van der Waals surface area contributed by atoms with Gasteiger partial charge in [0, 0.05) is 32.3 Å². The fourth-order valence-electron chi connectivity index (χ4n) is 3.03. The Kier molecular flexibility index (Phi) is 7.57. The maximum Gasteiger partial charge on any atom is 0.269 e. The van der Waals surface area contributed by atoms with E-state index in [9.17, 15) is 23.3 Å². The third kappa shape index (κ3) is 4.80. The zero-order valence-electron chi connectivity index (χ0n) is 17.2. The van der Waals surface area contributed by atoms with Crippen molar-refractivity contribution in [1.82, 2.24) is 9.21 Å². The molecular weight excluding hydrogens is 430 g/mol. The highest BCUT2D eigenvalue weighted by molar-refractivity contribution is 7.89. The zero-order valence-corrected chi connectivity index (χ0v) is 18.8. The van der Waals surface area contributed by atoms with Gasteiger partial charge in [-0.05, 0) is 30.7 Å². The summed E-state index contributed by atoms with van der Waals surface area (Å²) in [6.45, 7) is 5.79. The molecule has 1 atom stereocenters. The van der Waals surface area contributed by atoms with Gasteiger partial charge in [0.1, 0.15) is 0 Å². The molecule has 0 heterocycles. The van der Waals surface area contributed by atoms with Gasteiger partial charge in [-0.25, -0.2) is 8.42 Å². The Hall–Kier alpha value is -2.49. The fourth-order valence-corrected chi connectivity index (χ4v) is 4.71. The lowest BCUT2D eigenvalue weighted by atomic mass is 10.1. The van der Waals surface area contributed by atoms with E-state index in [1.807, 2.05) is 0 Å². The first-order valence-corrected chi connectivity index (χ1v) is 11.2. The lowest BCUT2D eigenvalue weighted by molar-refractivity contribution is -0.384. The summed E-state index contributed by atoms with van der Waals surface area (Å²) >= 11 is 6.20. The largest absolute Gasteiger partial charge is 0.335 e. The minimum Gasteiger partial charge on any atom is -0.335 e. The Morgan fingerprint density at radius 2 is 1.80 bits per heavy atom. The summed E-state index contributed by atoms with van der Waals surface area (Å²) in [6.07, 6.45) is 0. The van der Waals surface area contributed by atoms with Crippen molar-refractivity contribution in [3.8, 4) is 0 Å². The first kappa shape index (κ1) is 23.8. The highest BCUT2D eigenvalue weighted by atomic mass is 35.5. The summed E-state index contributed by atoms with van der Waals surface area (Å²) in [5.74, 6) is -0.490. The summed E-state index contributed by atoms with van der Waals surface area (Å²) in [5.41, 5.74) is 0.540. The highest BCUT2D eigenvalue weighted by Gasteiger charge is 2.26. The van der Waals surface area contributed by atoms with Crippen molar-refractivity contribution in [2.24, 2.45) is 0 Å². The molecule has 0 aromatic heterocycles. The number of benzene rings is 2. The van der Waals surface area contributed by atoms with E-state index >= 15 is 0 Å². The van der Waals surface area contributed by atoms with Gasteiger partial charge in [0.05, 0.1) is 26.4 Å². The Morgan fingerprint density at radius 1 is 1.17 bits per heavy atom. The second-order valence-electron chi connectivity index (χ2n) is 6.68. The first-order valence-electron chi connectivity index (χ1n) is 9.35. The molecule has 30 heavy (non-hydrogen) atoms. The van der Waals surface area contributed by atoms with Crippen molar-refractivity contribution in [3.05, 3.63) is 68.7 Å². The molecule has 8 nitrogen and oxygen atoms in total. The molecule has 2 aromatic rings. The predicted octanol–water partition coefficient (Wildman–Crippen LogP) is 4.11. The second kappa shape index (κ2) is 9.55. The standard InChI is InChI=1S/C20H24ClN3O5S/c1-5-23(6-2)30(28,29)17-10-11-19(21)18(13-17)20(25)22(4)14(3)15-8-7-9-16(12-15)24(26)27/h7-14H,5-6H2,1-4H3. The van der Waals surface area contributed by atoms with Crippen LogP contribution >= 0.6 is 11.6 Å². The van der Waals surface area contributed by atoms with E-state index in [2.05, 4.69) is 0 Å². The molecule has 162 valence electrons. The molecule has 0 N–H and O–H groups in total. The molecule has 0 aliphatic carbocycles. The van der Waals surface area contributed by atoms with Crippen molar-refractivity contribution in [2.45, 2.75) is 31.7 Å². The van der Waals surface area contributed by atoms with Crippen LogP contribution in [0.15, 0.2) is 47.4 Å². The molecule has 0 aliphatic rings. The number of sulfonamides is 1. The van der Waals surface area contributed by atoms with Crippen molar-refractivity contribution < 1.29 is 18.1 Å². The fraction of sp³-hybridized carbons (Fsp3) is 0.350. The average Bonchev–Trinajstić information content (AvgIpc) is 2.73. The van der Waals surface area contributed by atoms with Crippen LogP contribution in [0.25, 0.3) is 0 Å². The number of nitrogens with zero attached hydrogens (tertiary/aromatic N) is 3. The van der Waals surface area contributed by atoms with Gasteiger partial charge in [-0.1, -0.05) is 37.6 Å². The van der Waals surface area contributed by atoms with Crippen LogP contribution in [0.2, 0.25) is 5.02 Å². The smallest absolute Gasteiger partial charge is 0.269 e. The lowest BCUT2D eigenvalue weighted by Crippen LogP contribution is -2.32. The van der Waals surface area contributed by atoms with Gasteiger partial charge in [-0.3, -0.25) is 14.9 Å². The molecule has 0 aliphatic heterocycles. The van der Waals surface area contributed by atoms with Crippen LogP contribution in [-0.2, 0) is 10.0 Å². The normalized spacial score (nSPS) is 12.6. The van der Waals surface area contributed by atoms with E-state index in [0.717, 1.165) is 0 Å². The van der Waals surface area contributed by atoms with Gasteiger partial charge in [0.2, 0.25) is 10.0 Å². The van der Waals surface area contributed by atoms with Gasteiger partial charge < -0.3 is 4.90 Å². The maximum absolute atomic E-state index is 13.1. The Labute approximate surface area is 181 Å². The molecule has 0 radical (unpaired) electrons. The highest BCUT2D eigenvalue weighted by Crippen LogP contribution is 2.28. The summed E-state index contributed by atoms with van der Waals surface area (Å²) < 4.78 is 26.9. The third-order valence-electron chi connectivity index (χ3n) is 4.98. The molecule has 10 heteroatoms. The SMILES string of the molecule is CCN(CC)S(=O)(=O)c1ccc(Cl)c(C(=O)N(C)C(C)c2cccc([N+](=O)[O-])c2)c1. The summed E-state index contributed by atoms with van der Waals surface area (Å²) in [4.78, 5) is 25.0. The van der Waals surface area contributed by atoms with E-state index in [1.54, 1.807) is 32.9 Å². The first-order chi connectivity index (χ1) is 14.0. The molecule has 1 unspecified atom stereocenters. The molecule has 0 saturated carbocycles. The van der Waals surface area contributed by atoms with Crippen molar-refractivity contribution >= 4 is 33.2 Å². The molecular formula is C20H24ClN3O5S. The second-order valence-corrected chi connectivity index (χ2v) is 9.02. The zero-order chi connectivity index (χ0) is 22.6. The Balaban J connectivity index is 2.40. The number of hydrogen-bond acceptors (Lipinski definition) is 5. The summed E-state index contributed by atoms with van der Waals surface area (Å²) in [5, 5.41) is 11.2. The number of nitro groups is 1. The number of rotatable bonds is 8. The Bertz CT molecular complexity index is 1050. The number of nitro benzene ring substituents is 1. The van der Waals surface area contributed by atoms with Crippen LogP contribution in [0.1, 0.15) is 42.7 Å².